The number of rotatable bonds is 5. The van der Waals surface area contributed by atoms with Gasteiger partial charge < -0.3 is 15.1 Å². The second kappa shape index (κ2) is 8.52. The SMILES string of the molecule is Cc1cnn(C2CCCN(C(=O)NCC(c3ccc(F)cc3)N(C)C)C2)c1. The normalized spacial score (nSPS) is 18.6. The number of halogens is 1. The third kappa shape index (κ3) is 4.86. The van der Waals surface area contributed by atoms with E-state index in [2.05, 4.69) is 10.4 Å². The van der Waals surface area contributed by atoms with Crippen molar-refractivity contribution in [3.05, 3.63) is 53.6 Å². The molecule has 27 heavy (non-hydrogen) atoms. The monoisotopic (exact) mass is 373 g/mol. The lowest BCUT2D eigenvalue weighted by Crippen LogP contribution is -2.47. The molecule has 1 fully saturated rings. The topological polar surface area (TPSA) is 53.4 Å². The maximum Gasteiger partial charge on any atom is 0.317 e. The third-order valence-electron chi connectivity index (χ3n) is 5.11. The summed E-state index contributed by atoms with van der Waals surface area (Å²) in [7, 11) is 3.91. The zero-order valence-electron chi connectivity index (χ0n) is 16.2. The Kier molecular flexibility index (Phi) is 6.11. The summed E-state index contributed by atoms with van der Waals surface area (Å²) in [6.45, 7) is 3.91. The van der Waals surface area contributed by atoms with Gasteiger partial charge in [-0.3, -0.25) is 4.68 Å². The molecular weight excluding hydrogens is 345 g/mol. The fourth-order valence-electron chi connectivity index (χ4n) is 3.57. The van der Waals surface area contributed by atoms with Crippen LogP contribution in [0.2, 0.25) is 0 Å². The molecular formula is C20H28FN5O. The van der Waals surface area contributed by atoms with Gasteiger partial charge in [-0.25, -0.2) is 9.18 Å². The number of hydrogen-bond donors (Lipinski definition) is 1. The van der Waals surface area contributed by atoms with Gasteiger partial charge in [0.2, 0.25) is 0 Å². The van der Waals surface area contributed by atoms with E-state index in [9.17, 15) is 9.18 Å². The lowest BCUT2D eigenvalue weighted by molar-refractivity contribution is 0.160. The van der Waals surface area contributed by atoms with Crippen molar-refractivity contribution in [1.82, 2.24) is 24.9 Å². The van der Waals surface area contributed by atoms with Gasteiger partial charge in [-0.15, -0.1) is 0 Å². The van der Waals surface area contributed by atoms with E-state index in [0.717, 1.165) is 30.5 Å². The number of piperidine rings is 1. The average molecular weight is 373 g/mol. The number of carbonyl (C=O) groups excluding carboxylic acids is 1. The Morgan fingerprint density at radius 3 is 2.74 bits per heavy atom. The maximum atomic E-state index is 13.2. The van der Waals surface area contributed by atoms with Crippen LogP contribution in [0, 0.1) is 12.7 Å². The molecule has 6 nitrogen and oxygen atoms in total. The molecule has 0 radical (unpaired) electrons. The lowest BCUT2D eigenvalue weighted by atomic mass is 10.1. The number of likely N-dealkylation sites (N-methyl/N-ethyl adjacent to an activating group) is 1. The van der Waals surface area contributed by atoms with E-state index in [1.165, 1.54) is 12.1 Å². The molecule has 2 aromatic rings. The largest absolute Gasteiger partial charge is 0.336 e. The van der Waals surface area contributed by atoms with Crippen LogP contribution in [-0.4, -0.2) is 59.3 Å². The number of likely N-dealkylation sites (tertiary alicyclic amines) is 1. The van der Waals surface area contributed by atoms with Gasteiger partial charge in [0.15, 0.2) is 0 Å². The van der Waals surface area contributed by atoms with Crippen LogP contribution in [0.5, 0.6) is 0 Å². The molecule has 1 aromatic heterocycles. The summed E-state index contributed by atoms with van der Waals surface area (Å²) in [6, 6.07) is 6.59. The zero-order valence-corrected chi connectivity index (χ0v) is 16.2. The minimum absolute atomic E-state index is 0.0103. The summed E-state index contributed by atoms with van der Waals surface area (Å²) in [5, 5.41) is 7.44. The standard InChI is InChI=1S/C20H28FN5O/c1-15-11-23-26(13-15)18-5-4-10-25(14-18)20(27)22-12-19(24(2)3)16-6-8-17(21)9-7-16/h6-9,11,13,18-19H,4-5,10,12,14H2,1-3H3,(H,22,27). The van der Waals surface area contributed by atoms with Gasteiger partial charge in [0.25, 0.3) is 0 Å². The predicted molar refractivity (Wildman–Crippen MR) is 103 cm³/mol. The van der Waals surface area contributed by atoms with Gasteiger partial charge in [-0.05, 0) is 57.1 Å². The zero-order chi connectivity index (χ0) is 19.4. The molecule has 1 saturated heterocycles. The quantitative estimate of drug-likeness (QED) is 0.877. The number of hydrogen-bond acceptors (Lipinski definition) is 3. The van der Waals surface area contributed by atoms with Crippen molar-refractivity contribution in [3.63, 3.8) is 0 Å². The van der Waals surface area contributed by atoms with E-state index in [1.807, 2.05) is 47.9 Å². The summed E-state index contributed by atoms with van der Waals surface area (Å²) < 4.78 is 15.2. The fourth-order valence-corrected chi connectivity index (χ4v) is 3.57. The molecule has 2 amide bonds. The molecule has 3 rings (SSSR count). The molecule has 2 heterocycles. The second-order valence-electron chi connectivity index (χ2n) is 7.46. The van der Waals surface area contributed by atoms with Crippen molar-refractivity contribution in [2.24, 2.45) is 0 Å². The second-order valence-corrected chi connectivity index (χ2v) is 7.46. The lowest BCUT2D eigenvalue weighted by Gasteiger charge is -2.34. The van der Waals surface area contributed by atoms with E-state index >= 15 is 0 Å². The molecule has 0 aliphatic carbocycles. The van der Waals surface area contributed by atoms with E-state index in [4.69, 9.17) is 0 Å². The first-order valence-corrected chi connectivity index (χ1v) is 9.39. The van der Waals surface area contributed by atoms with E-state index in [1.54, 1.807) is 12.1 Å². The van der Waals surface area contributed by atoms with Crippen LogP contribution >= 0.6 is 0 Å². The van der Waals surface area contributed by atoms with Crippen LogP contribution in [-0.2, 0) is 0 Å². The van der Waals surface area contributed by atoms with Gasteiger partial charge in [0.05, 0.1) is 18.3 Å². The van der Waals surface area contributed by atoms with Crippen molar-refractivity contribution in [3.8, 4) is 0 Å². The van der Waals surface area contributed by atoms with Gasteiger partial charge in [-0.2, -0.15) is 5.10 Å². The average Bonchev–Trinajstić information content (AvgIpc) is 3.09. The van der Waals surface area contributed by atoms with Gasteiger partial charge >= 0.3 is 6.03 Å². The van der Waals surface area contributed by atoms with E-state index in [-0.39, 0.29) is 23.9 Å². The Balaban J connectivity index is 1.59. The van der Waals surface area contributed by atoms with Crippen LogP contribution in [0.3, 0.4) is 0 Å². The molecule has 2 atom stereocenters. The number of amides is 2. The van der Waals surface area contributed by atoms with Crippen molar-refractivity contribution in [1.29, 1.82) is 0 Å². The minimum Gasteiger partial charge on any atom is -0.336 e. The minimum atomic E-state index is -0.256. The molecule has 2 unspecified atom stereocenters. The van der Waals surface area contributed by atoms with E-state index in [0.29, 0.717) is 13.1 Å². The van der Waals surface area contributed by atoms with Gasteiger partial charge in [-0.1, -0.05) is 12.1 Å². The smallest absolute Gasteiger partial charge is 0.317 e. The van der Waals surface area contributed by atoms with Crippen molar-refractivity contribution in [2.75, 3.05) is 33.7 Å². The van der Waals surface area contributed by atoms with Crippen LogP contribution in [0.25, 0.3) is 0 Å². The molecule has 1 N–H and O–H groups in total. The Labute approximate surface area is 160 Å². The van der Waals surface area contributed by atoms with Crippen LogP contribution in [0.4, 0.5) is 9.18 Å². The van der Waals surface area contributed by atoms with Gasteiger partial charge in [0, 0.05) is 25.8 Å². The molecule has 0 spiro atoms. The first-order chi connectivity index (χ1) is 12.9. The number of nitrogens with zero attached hydrogens (tertiary/aromatic N) is 4. The number of nitrogens with one attached hydrogen (secondary N) is 1. The highest BCUT2D eigenvalue weighted by Gasteiger charge is 2.26. The summed E-state index contributed by atoms with van der Waals surface area (Å²) >= 11 is 0. The van der Waals surface area contributed by atoms with Crippen LogP contribution in [0.15, 0.2) is 36.7 Å². The number of carbonyl (C=O) groups is 1. The Bertz CT molecular complexity index is 758. The number of aryl methyl sites for hydroxylation is 1. The van der Waals surface area contributed by atoms with Crippen molar-refractivity contribution in [2.45, 2.75) is 31.8 Å². The molecule has 146 valence electrons. The summed E-state index contributed by atoms with van der Waals surface area (Å²) in [5.74, 6) is -0.256. The number of aromatic nitrogens is 2. The summed E-state index contributed by atoms with van der Waals surface area (Å²) in [5.41, 5.74) is 2.11. The first-order valence-electron chi connectivity index (χ1n) is 9.39. The third-order valence-corrected chi connectivity index (χ3v) is 5.11. The molecule has 1 aromatic carbocycles. The van der Waals surface area contributed by atoms with E-state index < -0.39 is 0 Å². The maximum absolute atomic E-state index is 13.2. The molecule has 0 bridgehead atoms. The number of benzene rings is 1. The molecule has 1 aliphatic rings. The molecule has 1 aliphatic heterocycles. The van der Waals surface area contributed by atoms with Crippen molar-refractivity contribution < 1.29 is 9.18 Å². The molecule has 0 saturated carbocycles. The fraction of sp³-hybridized carbons (Fsp3) is 0.500. The van der Waals surface area contributed by atoms with Gasteiger partial charge in [0.1, 0.15) is 5.82 Å². The summed E-state index contributed by atoms with van der Waals surface area (Å²) in [6.07, 6.45) is 5.87. The van der Waals surface area contributed by atoms with Crippen LogP contribution < -0.4 is 5.32 Å². The molecule has 7 heteroatoms. The predicted octanol–water partition coefficient (Wildman–Crippen LogP) is 2.98. The summed E-state index contributed by atoms with van der Waals surface area (Å²) in [4.78, 5) is 16.6. The highest BCUT2D eigenvalue weighted by atomic mass is 19.1. The highest BCUT2D eigenvalue weighted by Crippen LogP contribution is 2.22. The number of urea groups is 1. The Morgan fingerprint density at radius 1 is 1.37 bits per heavy atom. The highest BCUT2D eigenvalue weighted by molar-refractivity contribution is 5.74. The Hall–Kier alpha value is -2.41. The Morgan fingerprint density at radius 2 is 2.11 bits per heavy atom. The van der Waals surface area contributed by atoms with Crippen LogP contribution in [0.1, 0.15) is 36.1 Å². The van der Waals surface area contributed by atoms with Crippen molar-refractivity contribution >= 4 is 6.03 Å². The first kappa shape index (κ1) is 19.4.